The fourth-order valence-electron chi connectivity index (χ4n) is 1.87. The number of hydrogen-bond donors (Lipinski definition) is 0. The summed E-state index contributed by atoms with van der Waals surface area (Å²) in [5.74, 6) is 0.537. The van der Waals surface area contributed by atoms with Crippen LogP contribution in [0.25, 0.3) is 0 Å². The summed E-state index contributed by atoms with van der Waals surface area (Å²) >= 11 is 6.89. The predicted molar refractivity (Wildman–Crippen MR) is 91.1 cm³/mol. The first kappa shape index (κ1) is 17.7. The molecule has 1 aromatic rings. The van der Waals surface area contributed by atoms with Crippen molar-refractivity contribution >= 4 is 37.8 Å². The Balaban J connectivity index is 2.90. The molecule has 5 heteroatoms. The van der Waals surface area contributed by atoms with Crippen LogP contribution in [0, 0.1) is 5.92 Å². The minimum atomic E-state index is 0.0833. The second-order valence-corrected chi connectivity index (χ2v) is 7.34. The van der Waals surface area contributed by atoms with E-state index in [0.717, 1.165) is 28.6 Å². The summed E-state index contributed by atoms with van der Waals surface area (Å²) in [5, 5.41) is 0. The van der Waals surface area contributed by atoms with E-state index in [2.05, 4.69) is 50.6 Å². The Hall–Kier alpha value is -0.390. The van der Waals surface area contributed by atoms with Crippen LogP contribution in [0.3, 0.4) is 0 Å². The number of likely N-dealkylation sites (N-methyl/N-ethyl adjacent to an activating group) is 1. The van der Waals surface area contributed by atoms with Crippen LogP contribution in [0.2, 0.25) is 0 Å². The first-order valence-corrected chi connectivity index (χ1v) is 8.29. The van der Waals surface area contributed by atoms with Gasteiger partial charge in [-0.05, 0) is 54.1 Å². The normalized spacial score (nSPS) is 11.2. The molecule has 0 aliphatic rings. The minimum Gasteiger partial charge on any atom is -0.337 e. The number of carbonyl (C=O) groups is 1. The van der Waals surface area contributed by atoms with E-state index in [4.69, 9.17) is 0 Å². The molecule has 0 N–H and O–H groups in total. The first-order valence-electron chi connectivity index (χ1n) is 6.70. The Bertz CT molecular complexity index is 461. The van der Waals surface area contributed by atoms with E-state index in [1.807, 2.05) is 37.2 Å². The molecule has 0 aliphatic carbocycles. The van der Waals surface area contributed by atoms with Gasteiger partial charge in [0.1, 0.15) is 0 Å². The van der Waals surface area contributed by atoms with E-state index < -0.39 is 0 Å². The van der Waals surface area contributed by atoms with Crippen molar-refractivity contribution in [1.82, 2.24) is 9.80 Å². The summed E-state index contributed by atoms with van der Waals surface area (Å²) < 4.78 is 1.79. The standard InChI is InChI=1S/C15H22Br2N2O/c1-11(2)10-19(8-7-18(3)4)15(20)13-6-5-12(16)9-14(13)17/h5-6,9,11H,7-8,10H2,1-4H3. The molecular formula is C15H22Br2N2O. The average molecular weight is 406 g/mol. The lowest BCUT2D eigenvalue weighted by molar-refractivity contribution is 0.0724. The Kier molecular flexibility index (Phi) is 7.20. The van der Waals surface area contributed by atoms with Crippen molar-refractivity contribution in [1.29, 1.82) is 0 Å². The lowest BCUT2D eigenvalue weighted by Gasteiger charge is -2.26. The average Bonchev–Trinajstić information content (AvgIpc) is 2.33. The highest BCUT2D eigenvalue weighted by atomic mass is 79.9. The van der Waals surface area contributed by atoms with Crippen LogP contribution in [-0.4, -0.2) is 49.4 Å². The topological polar surface area (TPSA) is 23.6 Å². The monoisotopic (exact) mass is 404 g/mol. The molecule has 3 nitrogen and oxygen atoms in total. The van der Waals surface area contributed by atoms with Gasteiger partial charge in [-0.2, -0.15) is 0 Å². The van der Waals surface area contributed by atoms with Crippen molar-refractivity contribution in [2.45, 2.75) is 13.8 Å². The van der Waals surface area contributed by atoms with Gasteiger partial charge in [-0.3, -0.25) is 4.79 Å². The molecule has 1 aromatic carbocycles. The quantitative estimate of drug-likeness (QED) is 0.717. The van der Waals surface area contributed by atoms with E-state index in [1.165, 1.54) is 0 Å². The summed E-state index contributed by atoms with van der Waals surface area (Å²) in [7, 11) is 4.04. The molecular weight excluding hydrogens is 384 g/mol. The molecule has 1 rings (SSSR count). The third-order valence-electron chi connectivity index (χ3n) is 2.85. The van der Waals surface area contributed by atoms with E-state index in [0.29, 0.717) is 11.5 Å². The van der Waals surface area contributed by atoms with Crippen molar-refractivity contribution in [2.75, 3.05) is 33.7 Å². The summed E-state index contributed by atoms with van der Waals surface area (Å²) in [5.41, 5.74) is 0.715. The highest BCUT2D eigenvalue weighted by Gasteiger charge is 2.19. The van der Waals surface area contributed by atoms with Crippen LogP contribution in [0.5, 0.6) is 0 Å². The molecule has 0 bridgehead atoms. The second kappa shape index (κ2) is 8.15. The molecule has 112 valence electrons. The van der Waals surface area contributed by atoms with Gasteiger partial charge in [-0.15, -0.1) is 0 Å². The van der Waals surface area contributed by atoms with Crippen molar-refractivity contribution in [3.05, 3.63) is 32.7 Å². The highest BCUT2D eigenvalue weighted by molar-refractivity contribution is 9.11. The van der Waals surface area contributed by atoms with Gasteiger partial charge in [0.25, 0.3) is 5.91 Å². The Labute approximate surface area is 138 Å². The van der Waals surface area contributed by atoms with E-state index >= 15 is 0 Å². The zero-order valence-corrected chi connectivity index (χ0v) is 15.7. The van der Waals surface area contributed by atoms with Crippen LogP contribution in [0.15, 0.2) is 27.1 Å². The van der Waals surface area contributed by atoms with Crippen molar-refractivity contribution in [2.24, 2.45) is 5.92 Å². The van der Waals surface area contributed by atoms with Crippen molar-refractivity contribution in [3.8, 4) is 0 Å². The number of carbonyl (C=O) groups excluding carboxylic acids is 1. The van der Waals surface area contributed by atoms with Gasteiger partial charge >= 0.3 is 0 Å². The highest BCUT2D eigenvalue weighted by Crippen LogP contribution is 2.23. The van der Waals surface area contributed by atoms with Gasteiger partial charge in [0, 0.05) is 28.6 Å². The molecule has 0 unspecified atom stereocenters. The second-order valence-electron chi connectivity index (χ2n) is 5.57. The van der Waals surface area contributed by atoms with E-state index in [1.54, 1.807) is 0 Å². The Morgan fingerprint density at radius 3 is 2.35 bits per heavy atom. The van der Waals surface area contributed by atoms with Gasteiger partial charge in [0.05, 0.1) is 5.56 Å². The number of nitrogens with zero attached hydrogens (tertiary/aromatic N) is 2. The number of halogens is 2. The van der Waals surface area contributed by atoms with Crippen LogP contribution in [0.1, 0.15) is 24.2 Å². The van der Waals surface area contributed by atoms with Gasteiger partial charge < -0.3 is 9.80 Å². The van der Waals surface area contributed by atoms with Gasteiger partial charge in [-0.25, -0.2) is 0 Å². The largest absolute Gasteiger partial charge is 0.337 e. The summed E-state index contributed by atoms with van der Waals surface area (Å²) in [6.07, 6.45) is 0. The van der Waals surface area contributed by atoms with Crippen LogP contribution in [0.4, 0.5) is 0 Å². The third kappa shape index (κ3) is 5.54. The molecule has 0 spiro atoms. The van der Waals surface area contributed by atoms with E-state index in [9.17, 15) is 4.79 Å². The summed E-state index contributed by atoms with van der Waals surface area (Å²) in [6.45, 7) is 6.65. The SMILES string of the molecule is CC(C)CN(CCN(C)C)C(=O)c1ccc(Br)cc1Br. The number of rotatable bonds is 6. The molecule has 0 heterocycles. The van der Waals surface area contributed by atoms with Gasteiger partial charge in [0.2, 0.25) is 0 Å². The summed E-state index contributed by atoms with van der Waals surface area (Å²) in [6, 6.07) is 5.67. The van der Waals surface area contributed by atoms with Gasteiger partial charge in [0.15, 0.2) is 0 Å². The number of amides is 1. The molecule has 0 saturated carbocycles. The maximum Gasteiger partial charge on any atom is 0.255 e. The van der Waals surface area contributed by atoms with Crippen molar-refractivity contribution < 1.29 is 4.79 Å². The molecule has 1 amide bonds. The molecule has 0 fully saturated rings. The van der Waals surface area contributed by atoms with Gasteiger partial charge in [-0.1, -0.05) is 29.8 Å². The van der Waals surface area contributed by atoms with Crippen LogP contribution in [-0.2, 0) is 0 Å². The fraction of sp³-hybridized carbons (Fsp3) is 0.533. The first-order chi connectivity index (χ1) is 9.31. The Morgan fingerprint density at radius 1 is 1.20 bits per heavy atom. The molecule has 0 aromatic heterocycles. The molecule has 0 saturated heterocycles. The smallest absolute Gasteiger partial charge is 0.255 e. The maximum atomic E-state index is 12.7. The zero-order valence-electron chi connectivity index (χ0n) is 12.5. The predicted octanol–water partition coefficient (Wildman–Crippen LogP) is 3.87. The molecule has 0 atom stereocenters. The maximum absolute atomic E-state index is 12.7. The molecule has 0 radical (unpaired) electrons. The summed E-state index contributed by atoms with van der Waals surface area (Å²) in [4.78, 5) is 16.7. The zero-order chi connectivity index (χ0) is 15.3. The number of benzene rings is 1. The van der Waals surface area contributed by atoms with Crippen molar-refractivity contribution in [3.63, 3.8) is 0 Å². The third-order valence-corrected chi connectivity index (χ3v) is 4.00. The minimum absolute atomic E-state index is 0.0833. The lowest BCUT2D eigenvalue weighted by atomic mass is 10.1. The van der Waals surface area contributed by atoms with Crippen LogP contribution >= 0.6 is 31.9 Å². The number of hydrogen-bond acceptors (Lipinski definition) is 2. The van der Waals surface area contributed by atoms with Crippen LogP contribution < -0.4 is 0 Å². The molecule has 0 aliphatic heterocycles. The van der Waals surface area contributed by atoms with E-state index in [-0.39, 0.29) is 5.91 Å². The Morgan fingerprint density at radius 2 is 1.85 bits per heavy atom. The lowest BCUT2D eigenvalue weighted by Crippen LogP contribution is -2.39. The fourth-order valence-corrected chi connectivity index (χ4v) is 3.09. The molecule has 20 heavy (non-hydrogen) atoms.